The molecule has 0 aromatic heterocycles. The van der Waals surface area contributed by atoms with Crippen LogP contribution in [0.4, 0.5) is 0 Å². The molecule has 1 aliphatic carbocycles. The second-order valence-corrected chi connectivity index (χ2v) is 9.84. The Morgan fingerprint density at radius 1 is 0.923 bits per heavy atom. The normalized spacial score (nSPS) is 20.6. The molecule has 2 aliphatic rings. The highest BCUT2D eigenvalue weighted by molar-refractivity contribution is 6.09. The Morgan fingerprint density at radius 2 is 1.64 bits per heavy atom. The number of methoxy groups -OCH3 is 4. The van der Waals surface area contributed by atoms with E-state index in [1.807, 2.05) is 38.1 Å². The number of unbranched alkanes of at least 4 members (excludes halogenated alkanes) is 1. The van der Waals surface area contributed by atoms with E-state index in [9.17, 15) is 9.59 Å². The van der Waals surface area contributed by atoms with Gasteiger partial charge in [0.05, 0.1) is 35.0 Å². The van der Waals surface area contributed by atoms with Crippen molar-refractivity contribution in [3.05, 3.63) is 58.8 Å². The zero-order valence-corrected chi connectivity index (χ0v) is 23.5. The number of ketones is 1. The van der Waals surface area contributed by atoms with E-state index >= 15 is 0 Å². The molecule has 0 saturated heterocycles. The quantitative estimate of drug-likeness (QED) is 0.287. The summed E-state index contributed by atoms with van der Waals surface area (Å²) in [7, 11) is 6.35. The highest BCUT2D eigenvalue weighted by Gasteiger charge is 2.46. The highest BCUT2D eigenvalue weighted by Crippen LogP contribution is 2.49. The summed E-state index contributed by atoms with van der Waals surface area (Å²) in [5, 5.41) is 0. The number of aliphatic imine (C=N–C) groups is 1. The van der Waals surface area contributed by atoms with Gasteiger partial charge in [0.15, 0.2) is 17.3 Å². The summed E-state index contributed by atoms with van der Waals surface area (Å²) < 4.78 is 27.8. The van der Waals surface area contributed by atoms with Crippen LogP contribution in [0.5, 0.6) is 23.0 Å². The number of esters is 1. The third-order valence-corrected chi connectivity index (χ3v) is 7.54. The molecule has 0 radical (unpaired) electrons. The molecule has 39 heavy (non-hydrogen) atoms. The number of benzene rings is 2. The molecular formula is C31H37NO7. The van der Waals surface area contributed by atoms with Gasteiger partial charge in [-0.1, -0.05) is 19.4 Å². The van der Waals surface area contributed by atoms with Crippen LogP contribution >= 0.6 is 0 Å². The maximum atomic E-state index is 14.0. The van der Waals surface area contributed by atoms with Crippen molar-refractivity contribution in [2.75, 3.05) is 35.0 Å². The Balaban J connectivity index is 1.81. The highest BCUT2D eigenvalue weighted by atomic mass is 16.5. The van der Waals surface area contributed by atoms with Crippen molar-refractivity contribution in [1.29, 1.82) is 0 Å². The molecule has 3 atom stereocenters. The largest absolute Gasteiger partial charge is 0.497 e. The van der Waals surface area contributed by atoms with Gasteiger partial charge in [-0.05, 0) is 61.6 Å². The van der Waals surface area contributed by atoms with Crippen molar-refractivity contribution in [2.45, 2.75) is 51.4 Å². The molecule has 8 nitrogen and oxygen atoms in total. The maximum Gasteiger partial charge on any atom is 0.315 e. The van der Waals surface area contributed by atoms with Crippen LogP contribution in [0.1, 0.15) is 62.5 Å². The number of nitrogens with zero attached hydrogens (tertiary/aromatic N) is 1. The molecule has 208 valence electrons. The zero-order valence-electron chi connectivity index (χ0n) is 23.5. The van der Waals surface area contributed by atoms with Crippen LogP contribution in [0.2, 0.25) is 0 Å². The third-order valence-electron chi connectivity index (χ3n) is 7.54. The Morgan fingerprint density at radius 3 is 2.31 bits per heavy atom. The van der Waals surface area contributed by atoms with E-state index in [4.69, 9.17) is 28.7 Å². The minimum Gasteiger partial charge on any atom is -0.497 e. The van der Waals surface area contributed by atoms with Crippen LogP contribution in [-0.4, -0.2) is 52.5 Å². The first-order valence-corrected chi connectivity index (χ1v) is 13.3. The van der Waals surface area contributed by atoms with Gasteiger partial charge in [-0.2, -0.15) is 0 Å². The van der Waals surface area contributed by atoms with Crippen molar-refractivity contribution in [2.24, 2.45) is 10.9 Å². The van der Waals surface area contributed by atoms with Gasteiger partial charge in [0.25, 0.3) is 0 Å². The van der Waals surface area contributed by atoms with Gasteiger partial charge >= 0.3 is 5.97 Å². The summed E-state index contributed by atoms with van der Waals surface area (Å²) in [5.74, 6) is 0.548. The Bertz CT molecular complexity index is 1300. The number of hydrogen-bond acceptors (Lipinski definition) is 8. The molecule has 2 aromatic carbocycles. The molecular weight excluding hydrogens is 498 g/mol. The number of allylic oxidation sites excluding steroid dienone is 2. The lowest BCUT2D eigenvalue weighted by Gasteiger charge is -2.37. The van der Waals surface area contributed by atoms with Gasteiger partial charge in [-0.3, -0.25) is 14.6 Å². The van der Waals surface area contributed by atoms with E-state index < -0.39 is 11.8 Å². The molecule has 0 spiro atoms. The molecule has 4 rings (SSSR count). The molecule has 0 fully saturated rings. The molecule has 2 aromatic rings. The Hall–Kier alpha value is -3.81. The monoisotopic (exact) mass is 535 g/mol. The van der Waals surface area contributed by atoms with E-state index in [0.29, 0.717) is 58.6 Å². The summed E-state index contributed by atoms with van der Waals surface area (Å²) >= 11 is 0. The first-order valence-electron chi connectivity index (χ1n) is 13.3. The van der Waals surface area contributed by atoms with Crippen molar-refractivity contribution in [3.63, 3.8) is 0 Å². The molecule has 0 amide bonds. The number of hydrogen-bond donors (Lipinski definition) is 0. The van der Waals surface area contributed by atoms with Gasteiger partial charge in [-0.15, -0.1) is 0 Å². The minimum atomic E-state index is -0.747. The van der Waals surface area contributed by atoms with E-state index in [-0.39, 0.29) is 24.1 Å². The van der Waals surface area contributed by atoms with Gasteiger partial charge in [0.2, 0.25) is 0 Å². The fraction of sp³-hybridized carbons (Fsp3) is 0.452. The van der Waals surface area contributed by atoms with Crippen LogP contribution < -0.4 is 18.9 Å². The third kappa shape index (κ3) is 5.65. The molecule has 1 aliphatic heterocycles. The van der Waals surface area contributed by atoms with Gasteiger partial charge in [-0.25, -0.2) is 0 Å². The van der Waals surface area contributed by atoms with Crippen LogP contribution in [0, 0.1) is 5.92 Å². The molecule has 8 heteroatoms. The SMILES string of the molecule is CCCCOC(=O)C1C(C)=NC2=C(C(=O)C[C@H](c3ccc(OC)c(OC)c3)C2)[C@H]1c1cc(OC)ccc1OC. The number of carbonyl (C=O) groups is 2. The number of carbonyl (C=O) groups excluding carboxylic acids is 2. The number of ether oxygens (including phenoxy) is 5. The van der Waals surface area contributed by atoms with Crippen LogP contribution in [-0.2, 0) is 14.3 Å². The number of Topliss-reactive ketones (excluding diaryl/α,β-unsaturated/α-hetero) is 1. The van der Waals surface area contributed by atoms with Crippen molar-refractivity contribution < 1.29 is 33.3 Å². The van der Waals surface area contributed by atoms with Gasteiger partial charge in [0.1, 0.15) is 17.4 Å². The summed E-state index contributed by atoms with van der Waals surface area (Å²) in [5.41, 5.74) is 3.52. The van der Waals surface area contributed by atoms with Crippen LogP contribution in [0.15, 0.2) is 52.7 Å². The summed E-state index contributed by atoms with van der Waals surface area (Å²) in [6.45, 7) is 4.19. The van der Waals surface area contributed by atoms with Crippen molar-refractivity contribution >= 4 is 17.5 Å². The van der Waals surface area contributed by atoms with Gasteiger partial charge < -0.3 is 23.7 Å². The van der Waals surface area contributed by atoms with Gasteiger partial charge in [0, 0.05) is 34.9 Å². The maximum absolute atomic E-state index is 14.0. The minimum absolute atomic E-state index is 0.0477. The number of rotatable bonds is 10. The molecule has 1 heterocycles. The van der Waals surface area contributed by atoms with Crippen LogP contribution in [0.25, 0.3) is 0 Å². The zero-order chi connectivity index (χ0) is 28.1. The van der Waals surface area contributed by atoms with E-state index in [1.165, 1.54) is 0 Å². The predicted octanol–water partition coefficient (Wildman–Crippen LogP) is 5.64. The van der Waals surface area contributed by atoms with E-state index in [0.717, 1.165) is 18.4 Å². The predicted molar refractivity (Wildman–Crippen MR) is 148 cm³/mol. The lowest BCUT2D eigenvalue weighted by atomic mass is 9.69. The van der Waals surface area contributed by atoms with Crippen molar-refractivity contribution in [3.8, 4) is 23.0 Å². The average Bonchev–Trinajstić information content (AvgIpc) is 2.95. The van der Waals surface area contributed by atoms with E-state index in [2.05, 4.69) is 0 Å². The molecule has 1 unspecified atom stereocenters. The fourth-order valence-electron chi connectivity index (χ4n) is 5.53. The first kappa shape index (κ1) is 28.2. The van der Waals surface area contributed by atoms with E-state index in [1.54, 1.807) is 40.6 Å². The van der Waals surface area contributed by atoms with Crippen LogP contribution in [0.3, 0.4) is 0 Å². The average molecular weight is 536 g/mol. The second-order valence-electron chi connectivity index (χ2n) is 9.84. The Labute approximate surface area is 230 Å². The topological polar surface area (TPSA) is 92.7 Å². The fourth-order valence-corrected chi connectivity index (χ4v) is 5.53. The lowest BCUT2D eigenvalue weighted by molar-refractivity contribution is -0.146. The molecule has 0 saturated carbocycles. The summed E-state index contributed by atoms with van der Waals surface area (Å²) in [6.07, 6.45) is 2.50. The lowest BCUT2D eigenvalue weighted by Crippen LogP contribution is -2.38. The summed E-state index contributed by atoms with van der Waals surface area (Å²) in [4.78, 5) is 32.3. The molecule has 0 bridgehead atoms. The van der Waals surface area contributed by atoms with Crippen molar-refractivity contribution in [1.82, 2.24) is 0 Å². The summed E-state index contributed by atoms with van der Waals surface area (Å²) in [6, 6.07) is 11.2. The smallest absolute Gasteiger partial charge is 0.315 e. The first-order chi connectivity index (χ1) is 18.9. The molecule has 0 N–H and O–H groups in total. The Kier molecular flexibility index (Phi) is 8.94. The second kappa shape index (κ2) is 12.4. The standard InChI is InChI=1S/C31H37NO7/c1-7-8-13-39-31(34)28-18(2)32-23-14-20(19-9-11-26(37-5)27(16-19)38-6)15-24(33)30(23)29(28)22-17-21(35-3)10-12-25(22)36-4/h9-12,16-17,20,28-29H,7-8,13-15H2,1-6H3/t20-,28?,29+/m1/s1.